The Morgan fingerprint density at radius 3 is 2.62 bits per heavy atom. The Bertz CT molecular complexity index is 1070. The van der Waals surface area contributed by atoms with Crippen molar-refractivity contribution >= 4 is 11.7 Å². The van der Waals surface area contributed by atoms with Crippen LogP contribution in [-0.4, -0.2) is 49.8 Å². The van der Waals surface area contributed by atoms with E-state index in [1.54, 1.807) is 23.0 Å². The van der Waals surface area contributed by atoms with Crippen LogP contribution in [-0.2, 0) is 0 Å². The molecule has 1 saturated carbocycles. The van der Waals surface area contributed by atoms with E-state index in [1.807, 2.05) is 32.9 Å². The number of nitrogens with one attached hydrogen (secondary N) is 2. The monoisotopic (exact) mass is 435 g/mol. The van der Waals surface area contributed by atoms with Gasteiger partial charge in [0.2, 0.25) is 5.88 Å². The van der Waals surface area contributed by atoms with E-state index < -0.39 is 0 Å². The molecular weight excluding hydrogens is 406 g/mol. The van der Waals surface area contributed by atoms with Crippen LogP contribution in [0.25, 0.3) is 5.82 Å². The van der Waals surface area contributed by atoms with Gasteiger partial charge in [0.05, 0.1) is 11.3 Å². The Kier molecular flexibility index (Phi) is 6.63. The summed E-state index contributed by atoms with van der Waals surface area (Å²) in [5.41, 5.74) is 2.45. The second kappa shape index (κ2) is 9.76. The summed E-state index contributed by atoms with van der Waals surface area (Å²) in [5, 5.41) is 10.6. The molecule has 0 aromatic carbocycles. The van der Waals surface area contributed by atoms with Gasteiger partial charge in [0.25, 0.3) is 5.91 Å². The molecule has 0 spiro atoms. The molecular formula is C23H29N7O2. The van der Waals surface area contributed by atoms with Crippen molar-refractivity contribution < 1.29 is 9.53 Å². The van der Waals surface area contributed by atoms with Crippen molar-refractivity contribution in [1.82, 2.24) is 30.0 Å². The number of ether oxygens (including phenoxy) is 1. The highest BCUT2D eigenvalue weighted by Gasteiger charge is 2.17. The molecule has 1 aliphatic rings. The number of anilines is 1. The molecule has 3 aromatic rings. The average Bonchev–Trinajstić information content (AvgIpc) is 3.40. The molecule has 168 valence electrons. The van der Waals surface area contributed by atoms with Crippen LogP contribution >= 0.6 is 0 Å². The molecule has 0 radical (unpaired) electrons. The van der Waals surface area contributed by atoms with Crippen molar-refractivity contribution in [2.45, 2.75) is 52.6 Å². The van der Waals surface area contributed by atoms with E-state index in [0.717, 1.165) is 24.2 Å². The molecule has 3 aromatic heterocycles. The maximum atomic E-state index is 12.4. The Labute approximate surface area is 187 Å². The normalized spacial score (nSPS) is 13.8. The van der Waals surface area contributed by atoms with Crippen molar-refractivity contribution in [3.63, 3.8) is 0 Å². The van der Waals surface area contributed by atoms with Crippen molar-refractivity contribution in [2.75, 3.05) is 18.4 Å². The first-order valence-corrected chi connectivity index (χ1v) is 11.0. The molecule has 9 heteroatoms. The van der Waals surface area contributed by atoms with Gasteiger partial charge in [0.15, 0.2) is 5.82 Å². The zero-order valence-electron chi connectivity index (χ0n) is 18.8. The van der Waals surface area contributed by atoms with Gasteiger partial charge < -0.3 is 15.4 Å². The highest BCUT2D eigenvalue weighted by molar-refractivity contribution is 5.93. The summed E-state index contributed by atoms with van der Waals surface area (Å²) >= 11 is 0. The Morgan fingerprint density at radius 1 is 1.12 bits per heavy atom. The van der Waals surface area contributed by atoms with Gasteiger partial charge in [-0.25, -0.2) is 19.6 Å². The minimum Gasteiger partial charge on any atom is -0.474 e. The standard InChI is InChI=1S/C23H29N7O2/c1-15-12-16(2)30(29-15)21-13-20(27-17(3)28-21)24-10-11-25-23(31)18-8-9-22(26-14-18)32-19-6-4-5-7-19/h8-9,12-14,19H,4-7,10-11H2,1-3H3,(H,25,31)(H,24,27,28). The van der Waals surface area contributed by atoms with E-state index in [4.69, 9.17) is 4.74 Å². The fourth-order valence-electron chi connectivity index (χ4n) is 3.84. The maximum absolute atomic E-state index is 12.4. The number of amides is 1. The van der Waals surface area contributed by atoms with Gasteiger partial charge in [-0.3, -0.25) is 4.79 Å². The van der Waals surface area contributed by atoms with Gasteiger partial charge in [0, 0.05) is 37.1 Å². The lowest BCUT2D eigenvalue weighted by Gasteiger charge is -2.12. The summed E-state index contributed by atoms with van der Waals surface area (Å²) in [6.07, 6.45) is 6.37. The molecule has 9 nitrogen and oxygen atoms in total. The predicted octanol–water partition coefficient (Wildman–Crippen LogP) is 3.15. The summed E-state index contributed by atoms with van der Waals surface area (Å²) in [5.74, 6) is 2.44. The molecule has 0 atom stereocenters. The molecule has 0 aliphatic heterocycles. The first kappa shape index (κ1) is 21.7. The summed E-state index contributed by atoms with van der Waals surface area (Å²) < 4.78 is 7.64. The number of rotatable bonds is 8. The van der Waals surface area contributed by atoms with E-state index >= 15 is 0 Å². The number of hydrogen-bond acceptors (Lipinski definition) is 7. The Morgan fingerprint density at radius 2 is 1.94 bits per heavy atom. The van der Waals surface area contributed by atoms with Crippen molar-refractivity contribution in [3.8, 4) is 11.7 Å². The van der Waals surface area contributed by atoms with E-state index in [0.29, 0.717) is 42.0 Å². The number of carbonyl (C=O) groups is 1. The fraction of sp³-hybridized carbons (Fsp3) is 0.435. The molecule has 4 rings (SSSR count). The molecule has 32 heavy (non-hydrogen) atoms. The third-order valence-corrected chi connectivity index (χ3v) is 5.36. The van der Waals surface area contributed by atoms with Gasteiger partial charge in [-0.1, -0.05) is 0 Å². The molecule has 1 aliphatic carbocycles. The van der Waals surface area contributed by atoms with E-state index in [1.165, 1.54) is 12.8 Å². The first-order chi connectivity index (χ1) is 15.5. The van der Waals surface area contributed by atoms with Crippen molar-refractivity contribution in [3.05, 3.63) is 53.2 Å². The molecule has 1 amide bonds. The molecule has 3 heterocycles. The van der Waals surface area contributed by atoms with E-state index in [-0.39, 0.29) is 12.0 Å². The quantitative estimate of drug-likeness (QED) is 0.524. The second-order valence-electron chi connectivity index (χ2n) is 8.09. The number of aryl methyl sites for hydroxylation is 3. The van der Waals surface area contributed by atoms with Crippen LogP contribution in [0.15, 0.2) is 30.5 Å². The average molecular weight is 436 g/mol. The van der Waals surface area contributed by atoms with E-state index in [9.17, 15) is 4.79 Å². The molecule has 2 N–H and O–H groups in total. The number of carbonyl (C=O) groups excluding carboxylic acids is 1. The highest BCUT2D eigenvalue weighted by Crippen LogP contribution is 2.22. The van der Waals surface area contributed by atoms with E-state index in [2.05, 4.69) is 30.7 Å². The minimum atomic E-state index is -0.172. The van der Waals surface area contributed by atoms with Gasteiger partial charge in [-0.15, -0.1) is 0 Å². The maximum Gasteiger partial charge on any atom is 0.252 e. The third-order valence-electron chi connectivity index (χ3n) is 5.36. The lowest BCUT2D eigenvalue weighted by atomic mass is 10.2. The lowest BCUT2D eigenvalue weighted by molar-refractivity contribution is 0.0954. The summed E-state index contributed by atoms with van der Waals surface area (Å²) in [6.45, 7) is 6.75. The molecule has 0 unspecified atom stereocenters. The van der Waals surface area contributed by atoms with Crippen LogP contribution in [0.5, 0.6) is 5.88 Å². The zero-order valence-corrected chi connectivity index (χ0v) is 18.8. The summed E-state index contributed by atoms with van der Waals surface area (Å²) in [6, 6.07) is 7.35. The van der Waals surface area contributed by atoms with Gasteiger partial charge in [0.1, 0.15) is 17.7 Å². The van der Waals surface area contributed by atoms with Crippen LogP contribution in [0.2, 0.25) is 0 Å². The van der Waals surface area contributed by atoms with Crippen molar-refractivity contribution in [1.29, 1.82) is 0 Å². The first-order valence-electron chi connectivity index (χ1n) is 11.0. The number of pyridine rings is 1. The summed E-state index contributed by atoms with van der Waals surface area (Å²) in [7, 11) is 0. The Balaban J connectivity index is 1.27. The predicted molar refractivity (Wildman–Crippen MR) is 121 cm³/mol. The van der Waals surface area contributed by atoms with Crippen LogP contribution in [0, 0.1) is 20.8 Å². The van der Waals surface area contributed by atoms with Crippen LogP contribution in [0.4, 0.5) is 5.82 Å². The number of nitrogens with zero attached hydrogens (tertiary/aromatic N) is 5. The minimum absolute atomic E-state index is 0.172. The lowest BCUT2D eigenvalue weighted by Crippen LogP contribution is -2.29. The second-order valence-corrected chi connectivity index (χ2v) is 8.09. The van der Waals surface area contributed by atoms with Crippen LogP contribution in [0.1, 0.15) is 53.3 Å². The molecule has 1 fully saturated rings. The SMILES string of the molecule is Cc1cc(C)n(-c2cc(NCCNC(=O)c3ccc(OC4CCCC4)nc3)nc(C)n2)n1. The van der Waals surface area contributed by atoms with Gasteiger partial charge >= 0.3 is 0 Å². The third kappa shape index (κ3) is 5.40. The zero-order chi connectivity index (χ0) is 22.5. The molecule has 0 saturated heterocycles. The van der Waals surface area contributed by atoms with Crippen LogP contribution in [0.3, 0.4) is 0 Å². The Hall–Kier alpha value is -3.49. The van der Waals surface area contributed by atoms with Crippen molar-refractivity contribution in [2.24, 2.45) is 0 Å². The molecule has 0 bridgehead atoms. The largest absolute Gasteiger partial charge is 0.474 e. The van der Waals surface area contributed by atoms with Crippen LogP contribution < -0.4 is 15.4 Å². The summed E-state index contributed by atoms with van der Waals surface area (Å²) in [4.78, 5) is 25.6. The van der Waals surface area contributed by atoms with Gasteiger partial charge in [-0.05, 0) is 58.6 Å². The topological polar surface area (TPSA) is 107 Å². The number of aromatic nitrogens is 5. The number of hydrogen-bond donors (Lipinski definition) is 2. The smallest absolute Gasteiger partial charge is 0.252 e. The van der Waals surface area contributed by atoms with Gasteiger partial charge in [-0.2, -0.15) is 5.10 Å². The fourth-order valence-corrected chi connectivity index (χ4v) is 3.84. The highest BCUT2D eigenvalue weighted by atomic mass is 16.5.